The highest BCUT2D eigenvalue weighted by atomic mass is 32.2. The van der Waals surface area contributed by atoms with Gasteiger partial charge in [0.1, 0.15) is 11.8 Å². The standard InChI is InChI=1S/C23H24F3N3O4S/c1-15(2)33-21-7-5-18(34(3,31)32)13-19(21)22(30)29-10-8-28(9-11-29)20-6-4-17(23(24,25)26)12-16(20)14-27/h4-7,12-13,15H,8-11H2,1-3H3. The van der Waals surface area contributed by atoms with Gasteiger partial charge in [-0.3, -0.25) is 4.79 Å². The van der Waals surface area contributed by atoms with Gasteiger partial charge in [0.15, 0.2) is 9.84 Å². The van der Waals surface area contributed by atoms with Gasteiger partial charge in [0, 0.05) is 32.4 Å². The fourth-order valence-electron chi connectivity index (χ4n) is 3.66. The van der Waals surface area contributed by atoms with Crippen LogP contribution >= 0.6 is 0 Å². The average Bonchev–Trinajstić information content (AvgIpc) is 2.77. The number of hydrogen-bond donors (Lipinski definition) is 0. The van der Waals surface area contributed by atoms with Crippen LogP contribution in [0.5, 0.6) is 5.75 Å². The number of anilines is 1. The Morgan fingerprint density at radius 1 is 1.09 bits per heavy atom. The Balaban J connectivity index is 1.82. The van der Waals surface area contributed by atoms with Gasteiger partial charge in [0.25, 0.3) is 5.91 Å². The molecule has 34 heavy (non-hydrogen) atoms. The number of piperazine rings is 1. The van der Waals surface area contributed by atoms with E-state index in [1.807, 2.05) is 6.07 Å². The number of nitrogens with zero attached hydrogens (tertiary/aromatic N) is 3. The van der Waals surface area contributed by atoms with Crippen molar-refractivity contribution in [3.63, 3.8) is 0 Å². The number of sulfone groups is 1. The molecule has 3 rings (SSSR count). The second kappa shape index (κ2) is 9.54. The predicted octanol–water partition coefficient (Wildman–Crippen LogP) is 3.73. The van der Waals surface area contributed by atoms with Gasteiger partial charge in [-0.25, -0.2) is 8.42 Å². The van der Waals surface area contributed by atoms with E-state index in [2.05, 4.69) is 0 Å². The zero-order valence-electron chi connectivity index (χ0n) is 18.9. The van der Waals surface area contributed by atoms with Crippen LogP contribution in [0.2, 0.25) is 0 Å². The van der Waals surface area contributed by atoms with E-state index < -0.39 is 27.5 Å². The van der Waals surface area contributed by atoms with Crippen molar-refractivity contribution in [3.8, 4) is 11.8 Å². The Labute approximate surface area is 196 Å². The molecule has 2 aromatic rings. The maximum atomic E-state index is 13.3. The van der Waals surface area contributed by atoms with Crippen LogP contribution < -0.4 is 9.64 Å². The fourth-order valence-corrected chi connectivity index (χ4v) is 4.31. The van der Waals surface area contributed by atoms with Gasteiger partial charge in [-0.1, -0.05) is 0 Å². The molecule has 1 amide bonds. The second-order valence-electron chi connectivity index (χ2n) is 8.22. The minimum atomic E-state index is -4.55. The number of halogens is 3. The predicted molar refractivity (Wildman–Crippen MR) is 120 cm³/mol. The average molecular weight is 496 g/mol. The van der Waals surface area contributed by atoms with Crippen molar-refractivity contribution in [1.29, 1.82) is 5.26 Å². The van der Waals surface area contributed by atoms with Crippen LogP contribution in [0.15, 0.2) is 41.3 Å². The Morgan fingerprint density at radius 3 is 2.26 bits per heavy atom. The molecule has 0 radical (unpaired) electrons. The number of ether oxygens (including phenoxy) is 1. The van der Waals surface area contributed by atoms with E-state index >= 15 is 0 Å². The van der Waals surface area contributed by atoms with Crippen LogP contribution in [0, 0.1) is 11.3 Å². The highest BCUT2D eigenvalue weighted by molar-refractivity contribution is 7.90. The number of carbonyl (C=O) groups is 1. The number of rotatable bonds is 5. The lowest BCUT2D eigenvalue weighted by molar-refractivity contribution is -0.137. The maximum Gasteiger partial charge on any atom is 0.416 e. The van der Waals surface area contributed by atoms with E-state index in [1.54, 1.807) is 18.7 Å². The smallest absolute Gasteiger partial charge is 0.416 e. The van der Waals surface area contributed by atoms with E-state index in [9.17, 15) is 31.6 Å². The first-order valence-corrected chi connectivity index (χ1v) is 12.4. The molecular formula is C23H24F3N3O4S. The number of hydrogen-bond acceptors (Lipinski definition) is 6. The molecule has 1 aliphatic heterocycles. The lowest BCUT2D eigenvalue weighted by Crippen LogP contribution is -2.49. The summed E-state index contributed by atoms with van der Waals surface area (Å²) in [6.45, 7) is 4.61. The first kappa shape index (κ1) is 25.4. The van der Waals surface area contributed by atoms with Crippen molar-refractivity contribution in [2.24, 2.45) is 0 Å². The molecule has 2 aromatic carbocycles. The molecule has 1 saturated heterocycles. The lowest BCUT2D eigenvalue weighted by Gasteiger charge is -2.36. The third-order valence-corrected chi connectivity index (χ3v) is 6.43. The van der Waals surface area contributed by atoms with Gasteiger partial charge in [-0.15, -0.1) is 0 Å². The number of carbonyl (C=O) groups excluding carboxylic acids is 1. The summed E-state index contributed by atoms with van der Waals surface area (Å²) in [6.07, 6.45) is -3.74. The van der Waals surface area contributed by atoms with E-state index in [-0.39, 0.29) is 54.1 Å². The van der Waals surface area contributed by atoms with Crippen molar-refractivity contribution < 1.29 is 31.1 Å². The molecule has 0 aliphatic carbocycles. The molecule has 7 nitrogen and oxygen atoms in total. The van der Waals surface area contributed by atoms with E-state index in [4.69, 9.17) is 4.74 Å². The van der Waals surface area contributed by atoms with E-state index in [0.29, 0.717) is 5.69 Å². The Morgan fingerprint density at radius 2 is 1.74 bits per heavy atom. The molecule has 1 fully saturated rings. The van der Waals surface area contributed by atoms with Crippen LogP contribution in [-0.2, 0) is 16.0 Å². The summed E-state index contributed by atoms with van der Waals surface area (Å²) in [5.74, 6) is -0.141. The molecule has 1 heterocycles. The first-order chi connectivity index (χ1) is 15.8. The quantitative estimate of drug-likeness (QED) is 0.628. The third kappa shape index (κ3) is 5.62. The number of benzene rings is 2. The van der Waals surface area contributed by atoms with Crippen molar-refractivity contribution >= 4 is 21.4 Å². The van der Waals surface area contributed by atoms with Gasteiger partial charge in [0.2, 0.25) is 0 Å². The largest absolute Gasteiger partial charge is 0.490 e. The molecule has 0 atom stereocenters. The zero-order valence-corrected chi connectivity index (χ0v) is 19.7. The van der Waals surface area contributed by atoms with Crippen LogP contribution in [0.3, 0.4) is 0 Å². The summed E-state index contributed by atoms with van der Waals surface area (Å²) in [5.41, 5.74) is -0.504. The van der Waals surface area contributed by atoms with Gasteiger partial charge in [-0.05, 0) is 50.2 Å². The topological polar surface area (TPSA) is 90.7 Å². The molecule has 182 valence electrons. The van der Waals surface area contributed by atoms with Crippen LogP contribution in [0.1, 0.15) is 35.3 Å². The molecule has 0 spiro atoms. The van der Waals surface area contributed by atoms with Gasteiger partial charge < -0.3 is 14.5 Å². The first-order valence-electron chi connectivity index (χ1n) is 10.5. The zero-order chi connectivity index (χ0) is 25.3. The lowest BCUT2D eigenvalue weighted by atomic mass is 10.1. The summed E-state index contributed by atoms with van der Waals surface area (Å²) >= 11 is 0. The van der Waals surface area contributed by atoms with Gasteiger partial charge in [0.05, 0.1) is 33.4 Å². The highest BCUT2D eigenvalue weighted by Gasteiger charge is 2.32. The highest BCUT2D eigenvalue weighted by Crippen LogP contribution is 2.33. The van der Waals surface area contributed by atoms with Crippen molar-refractivity contribution in [3.05, 3.63) is 53.1 Å². The number of amides is 1. The fraction of sp³-hybridized carbons (Fsp3) is 0.391. The van der Waals surface area contributed by atoms with E-state index in [0.717, 1.165) is 18.4 Å². The molecule has 0 aromatic heterocycles. The van der Waals surface area contributed by atoms with Gasteiger partial charge >= 0.3 is 6.18 Å². The summed E-state index contributed by atoms with van der Waals surface area (Å²) in [7, 11) is -3.55. The molecule has 0 N–H and O–H groups in total. The minimum Gasteiger partial charge on any atom is -0.490 e. The molecular weight excluding hydrogens is 471 g/mol. The van der Waals surface area contributed by atoms with Crippen LogP contribution in [0.25, 0.3) is 0 Å². The summed E-state index contributed by atoms with van der Waals surface area (Å²) in [4.78, 5) is 16.5. The maximum absolute atomic E-state index is 13.3. The number of nitriles is 1. The number of alkyl halides is 3. The van der Waals surface area contributed by atoms with Crippen molar-refractivity contribution in [1.82, 2.24) is 4.90 Å². The van der Waals surface area contributed by atoms with Gasteiger partial charge in [-0.2, -0.15) is 18.4 Å². The normalized spacial score (nSPS) is 14.8. The summed E-state index contributed by atoms with van der Waals surface area (Å²) in [5, 5.41) is 9.35. The van der Waals surface area contributed by atoms with Crippen LogP contribution in [-0.4, -0.2) is 57.8 Å². The monoisotopic (exact) mass is 495 g/mol. The molecule has 0 bridgehead atoms. The Bertz CT molecular complexity index is 1230. The van der Waals surface area contributed by atoms with Crippen LogP contribution in [0.4, 0.5) is 18.9 Å². The Kier molecular flexibility index (Phi) is 7.12. The summed E-state index contributed by atoms with van der Waals surface area (Å²) < 4.78 is 68.6. The molecule has 0 saturated carbocycles. The molecule has 11 heteroatoms. The third-order valence-electron chi connectivity index (χ3n) is 5.32. The molecule has 0 unspecified atom stereocenters. The van der Waals surface area contributed by atoms with E-state index in [1.165, 1.54) is 29.2 Å². The van der Waals surface area contributed by atoms with Crippen molar-refractivity contribution in [2.45, 2.75) is 31.0 Å². The Hall–Kier alpha value is -3.26. The summed E-state index contributed by atoms with van der Waals surface area (Å²) in [6, 6.07) is 8.97. The molecule has 1 aliphatic rings. The SMILES string of the molecule is CC(C)Oc1ccc(S(C)(=O)=O)cc1C(=O)N1CCN(c2ccc(C(F)(F)F)cc2C#N)CC1. The van der Waals surface area contributed by atoms with Crippen molar-refractivity contribution in [2.75, 3.05) is 37.3 Å². The second-order valence-corrected chi connectivity index (χ2v) is 10.2. The minimum absolute atomic E-state index is 0.00555.